The summed E-state index contributed by atoms with van der Waals surface area (Å²) in [5, 5.41) is 0.648. The lowest BCUT2D eigenvalue weighted by Crippen LogP contribution is -2.07. The molecule has 124 valence electrons. The van der Waals surface area contributed by atoms with Gasteiger partial charge in [-0.05, 0) is 37.7 Å². The van der Waals surface area contributed by atoms with Gasteiger partial charge >= 0.3 is 0 Å². The highest BCUT2D eigenvalue weighted by molar-refractivity contribution is 7.99. The van der Waals surface area contributed by atoms with E-state index in [1.54, 1.807) is 11.8 Å². The summed E-state index contributed by atoms with van der Waals surface area (Å²) in [6.45, 7) is 1.83. The molecule has 0 bridgehead atoms. The third-order valence-electron chi connectivity index (χ3n) is 3.93. The van der Waals surface area contributed by atoms with Gasteiger partial charge in [-0.3, -0.25) is 4.79 Å². The van der Waals surface area contributed by atoms with Gasteiger partial charge in [0.25, 0.3) is 0 Å². The van der Waals surface area contributed by atoms with Crippen molar-refractivity contribution in [2.75, 3.05) is 11.6 Å². The Morgan fingerprint density at radius 1 is 1.04 bits per heavy atom. The number of para-hydroxylation sites is 1. The van der Waals surface area contributed by atoms with Crippen molar-refractivity contribution in [1.82, 2.24) is 0 Å². The standard InChI is InChI=1S/C20H19ClO2S/c1-14-18(22)16-10-7-11-17(24-13-6-5-12-21)20(16)23-19(14)15-8-3-2-4-9-15/h2-4,7-11H,5-6,12-13H2,1H3. The summed E-state index contributed by atoms with van der Waals surface area (Å²) < 4.78 is 6.20. The van der Waals surface area contributed by atoms with Crippen LogP contribution in [0, 0.1) is 6.92 Å². The van der Waals surface area contributed by atoms with E-state index in [1.807, 2.05) is 55.5 Å². The van der Waals surface area contributed by atoms with Crippen LogP contribution in [0.15, 0.2) is 62.6 Å². The first-order valence-corrected chi connectivity index (χ1v) is 9.55. The maximum absolute atomic E-state index is 12.8. The number of rotatable bonds is 6. The molecule has 0 radical (unpaired) electrons. The second-order valence-electron chi connectivity index (χ2n) is 5.63. The van der Waals surface area contributed by atoms with E-state index in [9.17, 15) is 4.79 Å². The molecule has 0 aliphatic heterocycles. The first-order valence-electron chi connectivity index (χ1n) is 8.03. The SMILES string of the molecule is Cc1c(-c2ccccc2)oc2c(SCCCCCl)cccc2c1=O. The molecule has 0 fully saturated rings. The molecular weight excluding hydrogens is 340 g/mol. The maximum atomic E-state index is 12.8. The zero-order valence-corrected chi connectivity index (χ0v) is 15.1. The molecule has 0 N–H and O–H groups in total. The second-order valence-corrected chi connectivity index (χ2v) is 7.14. The largest absolute Gasteiger partial charge is 0.454 e. The lowest BCUT2D eigenvalue weighted by atomic mass is 10.1. The van der Waals surface area contributed by atoms with Crippen molar-refractivity contribution in [1.29, 1.82) is 0 Å². The van der Waals surface area contributed by atoms with Crippen LogP contribution in [0.2, 0.25) is 0 Å². The molecular formula is C20H19ClO2S. The average Bonchev–Trinajstić information content (AvgIpc) is 2.62. The monoisotopic (exact) mass is 358 g/mol. The summed E-state index contributed by atoms with van der Waals surface area (Å²) in [5.41, 5.74) is 2.30. The summed E-state index contributed by atoms with van der Waals surface area (Å²) in [6.07, 6.45) is 2.05. The van der Waals surface area contributed by atoms with Crippen molar-refractivity contribution >= 4 is 34.3 Å². The number of hydrogen-bond acceptors (Lipinski definition) is 3. The fourth-order valence-corrected chi connectivity index (χ4v) is 3.86. The van der Waals surface area contributed by atoms with Crippen LogP contribution in [0.3, 0.4) is 0 Å². The number of hydrogen-bond donors (Lipinski definition) is 0. The van der Waals surface area contributed by atoms with Crippen LogP contribution in [0.5, 0.6) is 0 Å². The summed E-state index contributed by atoms with van der Waals surface area (Å²) in [7, 11) is 0. The minimum atomic E-state index is 0.0401. The molecule has 0 saturated heterocycles. The maximum Gasteiger partial charge on any atom is 0.196 e. The van der Waals surface area contributed by atoms with Crippen molar-refractivity contribution in [2.24, 2.45) is 0 Å². The van der Waals surface area contributed by atoms with E-state index in [0.29, 0.717) is 28.2 Å². The van der Waals surface area contributed by atoms with Gasteiger partial charge in [0.15, 0.2) is 11.0 Å². The van der Waals surface area contributed by atoms with Crippen LogP contribution >= 0.6 is 23.4 Å². The highest BCUT2D eigenvalue weighted by Crippen LogP contribution is 2.32. The van der Waals surface area contributed by atoms with Crippen LogP contribution in [0.1, 0.15) is 18.4 Å². The van der Waals surface area contributed by atoms with Gasteiger partial charge in [0.2, 0.25) is 0 Å². The topological polar surface area (TPSA) is 30.2 Å². The molecule has 4 heteroatoms. The van der Waals surface area contributed by atoms with Gasteiger partial charge in [-0.1, -0.05) is 36.4 Å². The average molecular weight is 359 g/mol. The number of unbranched alkanes of at least 4 members (excludes halogenated alkanes) is 1. The first-order chi connectivity index (χ1) is 11.7. The van der Waals surface area contributed by atoms with E-state index in [1.165, 1.54) is 0 Å². The highest BCUT2D eigenvalue weighted by Gasteiger charge is 2.14. The normalized spacial score (nSPS) is 11.1. The van der Waals surface area contributed by atoms with Gasteiger partial charge in [0.1, 0.15) is 5.76 Å². The molecule has 3 rings (SSSR count). The third-order valence-corrected chi connectivity index (χ3v) is 5.32. The van der Waals surface area contributed by atoms with Crippen LogP contribution < -0.4 is 5.43 Å². The van der Waals surface area contributed by atoms with Crippen molar-refractivity contribution < 1.29 is 4.42 Å². The third kappa shape index (κ3) is 3.52. The minimum Gasteiger partial charge on any atom is -0.454 e. The zero-order valence-electron chi connectivity index (χ0n) is 13.5. The summed E-state index contributed by atoms with van der Waals surface area (Å²) in [4.78, 5) is 13.8. The Bertz CT molecular complexity index is 887. The van der Waals surface area contributed by atoms with E-state index >= 15 is 0 Å². The lowest BCUT2D eigenvalue weighted by molar-refractivity contribution is 0.606. The summed E-state index contributed by atoms with van der Waals surface area (Å²) in [5.74, 6) is 2.30. The van der Waals surface area contributed by atoms with Gasteiger partial charge in [0.05, 0.1) is 10.3 Å². The molecule has 2 nitrogen and oxygen atoms in total. The number of thioether (sulfide) groups is 1. The minimum absolute atomic E-state index is 0.0401. The molecule has 2 aromatic carbocycles. The molecule has 0 spiro atoms. The molecule has 1 heterocycles. The molecule has 0 aliphatic carbocycles. The van der Waals surface area contributed by atoms with E-state index < -0.39 is 0 Å². The molecule has 24 heavy (non-hydrogen) atoms. The van der Waals surface area contributed by atoms with Gasteiger partial charge < -0.3 is 4.42 Å². The van der Waals surface area contributed by atoms with Crippen molar-refractivity contribution in [3.63, 3.8) is 0 Å². The van der Waals surface area contributed by atoms with Crippen molar-refractivity contribution in [3.8, 4) is 11.3 Å². The Balaban J connectivity index is 2.09. The smallest absolute Gasteiger partial charge is 0.196 e. The quantitative estimate of drug-likeness (QED) is 0.313. The molecule has 1 aromatic heterocycles. The predicted octanol–water partition coefficient (Wildman–Crippen LogP) is 5.88. The van der Waals surface area contributed by atoms with Crippen LogP contribution in [-0.4, -0.2) is 11.6 Å². The lowest BCUT2D eigenvalue weighted by Gasteiger charge is -2.10. The van der Waals surface area contributed by atoms with Crippen LogP contribution in [-0.2, 0) is 0 Å². The Labute approximate surface area is 150 Å². The number of fused-ring (bicyclic) bond motifs is 1. The second kappa shape index (κ2) is 7.91. The van der Waals surface area contributed by atoms with Gasteiger partial charge in [-0.25, -0.2) is 0 Å². The van der Waals surface area contributed by atoms with Gasteiger partial charge in [-0.2, -0.15) is 0 Å². The number of halogens is 1. The zero-order chi connectivity index (χ0) is 16.9. The van der Waals surface area contributed by atoms with E-state index in [2.05, 4.69) is 0 Å². The highest BCUT2D eigenvalue weighted by atomic mass is 35.5. The molecule has 3 aromatic rings. The van der Waals surface area contributed by atoms with Crippen LogP contribution in [0.4, 0.5) is 0 Å². The summed E-state index contributed by atoms with van der Waals surface area (Å²) in [6, 6.07) is 15.6. The van der Waals surface area contributed by atoms with Gasteiger partial charge in [0, 0.05) is 17.0 Å². The predicted molar refractivity (Wildman–Crippen MR) is 103 cm³/mol. The summed E-state index contributed by atoms with van der Waals surface area (Å²) >= 11 is 7.45. The van der Waals surface area contributed by atoms with Crippen LogP contribution in [0.25, 0.3) is 22.3 Å². The van der Waals surface area contributed by atoms with Crippen molar-refractivity contribution in [2.45, 2.75) is 24.7 Å². The molecule has 0 unspecified atom stereocenters. The Morgan fingerprint density at radius 2 is 1.83 bits per heavy atom. The molecule has 0 amide bonds. The fraction of sp³-hybridized carbons (Fsp3) is 0.250. The Hall–Kier alpha value is -1.71. The van der Waals surface area contributed by atoms with E-state index in [4.69, 9.17) is 16.0 Å². The molecule has 0 aliphatic rings. The first kappa shape index (κ1) is 17.1. The molecule has 0 atom stereocenters. The molecule has 0 saturated carbocycles. The Kier molecular flexibility index (Phi) is 5.64. The van der Waals surface area contributed by atoms with E-state index in [0.717, 1.165) is 29.1 Å². The number of benzene rings is 2. The number of alkyl halides is 1. The Morgan fingerprint density at radius 3 is 2.58 bits per heavy atom. The van der Waals surface area contributed by atoms with Gasteiger partial charge in [-0.15, -0.1) is 23.4 Å². The van der Waals surface area contributed by atoms with Crippen molar-refractivity contribution in [3.05, 3.63) is 64.3 Å². The fourth-order valence-electron chi connectivity index (χ4n) is 2.64. The van der Waals surface area contributed by atoms with E-state index in [-0.39, 0.29) is 5.43 Å².